The molecule has 22 heavy (non-hydrogen) atoms. The second-order valence-electron chi connectivity index (χ2n) is 4.74. The largest absolute Gasteiger partial charge is 0.367 e. The Kier molecular flexibility index (Phi) is 4.30. The van der Waals surface area contributed by atoms with Gasteiger partial charge in [-0.1, -0.05) is 54.1 Å². The lowest BCUT2D eigenvalue weighted by Crippen LogP contribution is -2.06. The number of anilines is 1. The minimum Gasteiger partial charge on any atom is -0.367 e. The summed E-state index contributed by atoms with van der Waals surface area (Å²) in [7, 11) is 0. The van der Waals surface area contributed by atoms with Crippen molar-refractivity contribution in [1.82, 2.24) is 15.2 Å². The summed E-state index contributed by atoms with van der Waals surface area (Å²) in [5, 5.41) is 12.4. The van der Waals surface area contributed by atoms with Crippen LogP contribution in [0, 0.1) is 0 Å². The highest BCUT2D eigenvalue weighted by atomic mass is 35.5. The fourth-order valence-electron chi connectivity index (χ4n) is 2.13. The van der Waals surface area contributed by atoms with E-state index in [-0.39, 0.29) is 0 Å². The van der Waals surface area contributed by atoms with Crippen molar-refractivity contribution in [2.75, 3.05) is 11.9 Å². The van der Waals surface area contributed by atoms with Gasteiger partial charge in [0.05, 0.1) is 0 Å². The predicted octanol–water partition coefficient (Wildman–Crippen LogP) is 4.29. The Bertz CT molecular complexity index is 757. The fraction of sp³-hybridized carbons (Fsp3) is 0.118. The molecule has 0 atom stereocenters. The molecule has 0 saturated heterocycles. The molecule has 0 aliphatic rings. The summed E-state index contributed by atoms with van der Waals surface area (Å²) in [5.41, 5.74) is 2.66. The van der Waals surface area contributed by atoms with Crippen LogP contribution in [0.15, 0.2) is 54.6 Å². The zero-order valence-electron chi connectivity index (χ0n) is 12.1. The topological polar surface area (TPSA) is 50.7 Å². The third-order valence-corrected chi connectivity index (χ3v) is 3.43. The minimum atomic E-state index is 0.604. The van der Waals surface area contributed by atoms with E-state index in [0.29, 0.717) is 16.7 Å². The van der Waals surface area contributed by atoms with E-state index < -0.39 is 0 Å². The van der Waals surface area contributed by atoms with Crippen molar-refractivity contribution in [2.45, 2.75) is 6.92 Å². The van der Waals surface area contributed by atoms with E-state index in [1.165, 1.54) is 0 Å². The molecule has 4 nitrogen and oxygen atoms in total. The molecule has 0 bridgehead atoms. The van der Waals surface area contributed by atoms with Crippen LogP contribution in [0.2, 0.25) is 5.02 Å². The van der Waals surface area contributed by atoms with Crippen LogP contribution in [0.1, 0.15) is 6.92 Å². The fourth-order valence-corrected chi connectivity index (χ4v) is 2.26. The molecule has 0 radical (unpaired) electrons. The molecule has 0 saturated carbocycles. The molecule has 3 aromatic rings. The Balaban J connectivity index is 2.10. The predicted molar refractivity (Wildman–Crippen MR) is 89.9 cm³/mol. The van der Waals surface area contributed by atoms with E-state index in [1.807, 2.05) is 61.5 Å². The zero-order valence-corrected chi connectivity index (χ0v) is 12.9. The highest BCUT2D eigenvalue weighted by Crippen LogP contribution is 2.27. The third kappa shape index (κ3) is 3.07. The lowest BCUT2D eigenvalue weighted by atomic mass is 10.1. The van der Waals surface area contributed by atoms with Gasteiger partial charge < -0.3 is 5.32 Å². The molecule has 1 aromatic heterocycles. The van der Waals surface area contributed by atoms with Gasteiger partial charge in [0.2, 0.25) is 0 Å². The summed E-state index contributed by atoms with van der Waals surface area (Å²) < 4.78 is 0. The zero-order chi connectivity index (χ0) is 15.4. The van der Waals surface area contributed by atoms with Crippen LogP contribution >= 0.6 is 11.6 Å². The number of rotatable bonds is 4. The van der Waals surface area contributed by atoms with Gasteiger partial charge >= 0.3 is 0 Å². The number of hydrogen-bond donors (Lipinski definition) is 1. The molecular weight excluding hydrogens is 296 g/mol. The molecule has 5 heteroatoms. The molecule has 1 N–H and O–H groups in total. The molecule has 0 aliphatic heterocycles. The normalized spacial score (nSPS) is 10.5. The monoisotopic (exact) mass is 310 g/mol. The summed E-state index contributed by atoms with van der Waals surface area (Å²) >= 11 is 5.96. The maximum absolute atomic E-state index is 5.96. The first-order chi connectivity index (χ1) is 10.8. The van der Waals surface area contributed by atoms with Crippen molar-refractivity contribution in [3.8, 4) is 22.6 Å². The van der Waals surface area contributed by atoms with Gasteiger partial charge in [0, 0.05) is 22.7 Å². The van der Waals surface area contributed by atoms with Crippen LogP contribution in [0.3, 0.4) is 0 Å². The number of aromatic nitrogens is 3. The van der Waals surface area contributed by atoms with Crippen molar-refractivity contribution in [3.63, 3.8) is 0 Å². The van der Waals surface area contributed by atoms with Gasteiger partial charge in [-0.05, 0) is 19.1 Å². The molecular formula is C17H15ClN4. The van der Waals surface area contributed by atoms with Crippen LogP contribution in [-0.2, 0) is 0 Å². The van der Waals surface area contributed by atoms with Crippen LogP contribution in [0.5, 0.6) is 0 Å². The summed E-state index contributed by atoms with van der Waals surface area (Å²) in [6, 6.07) is 17.4. The smallest absolute Gasteiger partial charge is 0.182 e. The van der Waals surface area contributed by atoms with Crippen LogP contribution in [0.4, 0.5) is 5.82 Å². The Labute approximate surface area is 134 Å². The molecule has 0 amide bonds. The molecule has 3 rings (SSSR count). The van der Waals surface area contributed by atoms with Crippen molar-refractivity contribution < 1.29 is 0 Å². The maximum Gasteiger partial charge on any atom is 0.182 e. The van der Waals surface area contributed by atoms with Gasteiger partial charge in [-0.2, -0.15) is 0 Å². The standard InChI is InChI=1S/C17H15ClN4/c1-2-19-17-15(12-8-10-14(18)11-9-12)20-16(21-22-17)13-6-4-3-5-7-13/h3-11H,2H2,1H3,(H,19,22). The van der Waals surface area contributed by atoms with Crippen molar-refractivity contribution in [3.05, 3.63) is 59.6 Å². The first-order valence-corrected chi connectivity index (χ1v) is 7.45. The van der Waals surface area contributed by atoms with E-state index in [9.17, 15) is 0 Å². The van der Waals surface area contributed by atoms with Crippen molar-refractivity contribution in [2.24, 2.45) is 0 Å². The number of benzene rings is 2. The number of nitrogens with one attached hydrogen (secondary N) is 1. The number of nitrogens with zero attached hydrogens (tertiary/aromatic N) is 3. The SMILES string of the molecule is CCNc1nnc(-c2ccccc2)nc1-c1ccc(Cl)cc1. The molecule has 2 aromatic carbocycles. The van der Waals surface area contributed by atoms with Crippen LogP contribution in [-0.4, -0.2) is 21.7 Å². The van der Waals surface area contributed by atoms with E-state index in [4.69, 9.17) is 11.6 Å². The second kappa shape index (κ2) is 6.54. The van der Waals surface area contributed by atoms with E-state index >= 15 is 0 Å². The Morgan fingerprint density at radius 1 is 0.909 bits per heavy atom. The van der Waals surface area contributed by atoms with Crippen molar-refractivity contribution >= 4 is 17.4 Å². The summed E-state index contributed by atoms with van der Waals surface area (Å²) in [6.07, 6.45) is 0. The molecule has 110 valence electrons. The summed E-state index contributed by atoms with van der Waals surface area (Å²) in [4.78, 5) is 4.68. The Morgan fingerprint density at radius 3 is 2.32 bits per heavy atom. The Hall–Kier alpha value is -2.46. The van der Waals surface area contributed by atoms with Gasteiger partial charge in [0.1, 0.15) is 5.69 Å². The maximum atomic E-state index is 5.96. The van der Waals surface area contributed by atoms with Crippen LogP contribution < -0.4 is 5.32 Å². The van der Waals surface area contributed by atoms with E-state index in [1.54, 1.807) is 0 Å². The second-order valence-corrected chi connectivity index (χ2v) is 5.17. The minimum absolute atomic E-state index is 0.604. The first kappa shape index (κ1) is 14.5. The molecule has 1 heterocycles. The third-order valence-electron chi connectivity index (χ3n) is 3.18. The number of hydrogen-bond acceptors (Lipinski definition) is 4. The van der Waals surface area contributed by atoms with E-state index in [2.05, 4.69) is 20.5 Å². The quantitative estimate of drug-likeness (QED) is 0.781. The molecule has 0 aliphatic carbocycles. The van der Waals surface area contributed by atoms with E-state index in [0.717, 1.165) is 23.4 Å². The number of halogens is 1. The summed E-state index contributed by atoms with van der Waals surface area (Å²) in [5.74, 6) is 1.27. The van der Waals surface area contributed by atoms with Gasteiger partial charge in [-0.25, -0.2) is 4.98 Å². The lowest BCUT2D eigenvalue weighted by molar-refractivity contribution is 0.973. The van der Waals surface area contributed by atoms with Gasteiger partial charge in [0.15, 0.2) is 11.6 Å². The van der Waals surface area contributed by atoms with Crippen LogP contribution in [0.25, 0.3) is 22.6 Å². The average molecular weight is 311 g/mol. The first-order valence-electron chi connectivity index (χ1n) is 7.08. The highest BCUT2D eigenvalue weighted by molar-refractivity contribution is 6.30. The Morgan fingerprint density at radius 2 is 1.64 bits per heavy atom. The van der Waals surface area contributed by atoms with Gasteiger partial charge in [0.25, 0.3) is 0 Å². The molecule has 0 spiro atoms. The molecule has 0 unspecified atom stereocenters. The summed E-state index contributed by atoms with van der Waals surface area (Å²) in [6.45, 7) is 2.76. The highest BCUT2D eigenvalue weighted by Gasteiger charge is 2.12. The average Bonchev–Trinajstić information content (AvgIpc) is 2.57. The van der Waals surface area contributed by atoms with Gasteiger partial charge in [-0.3, -0.25) is 0 Å². The lowest BCUT2D eigenvalue weighted by Gasteiger charge is -2.10. The van der Waals surface area contributed by atoms with Crippen molar-refractivity contribution in [1.29, 1.82) is 0 Å². The molecule has 0 fully saturated rings. The van der Waals surface area contributed by atoms with Gasteiger partial charge in [-0.15, -0.1) is 10.2 Å².